The van der Waals surface area contributed by atoms with Gasteiger partial charge in [0.1, 0.15) is 6.29 Å². The summed E-state index contributed by atoms with van der Waals surface area (Å²) < 4.78 is 5.34. The number of amides is 3. The number of halogens is 2. The Morgan fingerprint density at radius 2 is 1.93 bits per heavy atom. The maximum Gasteiger partial charge on any atom is 0.229 e. The summed E-state index contributed by atoms with van der Waals surface area (Å²) in [5.74, 6) is -2.60. The molecule has 1 aromatic carbocycles. The molecule has 156 valence electrons. The van der Waals surface area contributed by atoms with E-state index in [4.69, 9.17) is 27.9 Å². The van der Waals surface area contributed by atoms with Gasteiger partial charge in [-0.05, 0) is 18.2 Å². The number of benzene rings is 1. The smallest absolute Gasteiger partial charge is 0.229 e. The van der Waals surface area contributed by atoms with Crippen molar-refractivity contribution in [2.24, 2.45) is 11.8 Å². The van der Waals surface area contributed by atoms with Gasteiger partial charge in [-0.3, -0.25) is 24.6 Å². The van der Waals surface area contributed by atoms with E-state index in [9.17, 15) is 14.4 Å². The molecular weight excluding hydrogens is 421 g/mol. The first-order chi connectivity index (χ1) is 13.9. The number of anilines is 1. The van der Waals surface area contributed by atoms with Crippen molar-refractivity contribution in [2.45, 2.75) is 18.9 Å². The second-order valence-corrected chi connectivity index (χ2v) is 8.06. The molecular formula is C18H21Cl2N5O4. The lowest BCUT2D eigenvalue weighted by molar-refractivity contribution is -0.148. The van der Waals surface area contributed by atoms with E-state index in [1.165, 1.54) is 6.07 Å². The highest BCUT2D eigenvalue weighted by Crippen LogP contribution is 2.30. The van der Waals surface area contributed by atoms with E-state index >= 15 is 0 Å². The number of morpholine rings is 1. The monoisotopic (exact) mass is 441 g/mol. The van der Waals surface area contributed by atoms with Gasteiger partial charge in [0, 0.05) is 24.5 Å². The normalized spacial score (nSPS) is 30.1. The third-order valence-electron chi connectivity index (χ3n) is 5.37. The summed E-state index contributed by atoms with van der Waals surface area (Å²) in [6, 6.07) is 4.69. The Balaban J connectivity index is 1.50. The van der Waals surface area contributed by atoms with Crippen LogP contribution in [0.2, 0.25) is 10.0 Å². The molecule has 3 aliphatic heterocycles. The van der Waals surface area contributed by atoms with Crippen molar-refractivity contribution in [3.05, 3.63) is 28.2 Å². The summed E-state index contributed by atoms with van der Waals surface area (Å²) in [5, 5.41) is 12.4. The number of nitrogens with zero attached hydrogens (tertiary/aromatic N) is 1. The fraction of sp³-hybridized carbons (Fsp3) is 0.500. The fourth-order valence-electron chi connectivity index (χ4n) is 3.91. The number of piperidine rings is 1. The summed E-state index contributed by atoms with van der Waals surface area (Å²) >= 11 is 12.0. The first kappa shape index (κ1) is 20.4. The number of ether oxygens (including phenoxy) is 1. The average molecular weight is 442 g/mol. The average Bonchev–Trinajstić information content (AvgIpc) is 2.69. The van der Waals surface area contributed by atoms with Crippen molar-refractivity contribution in [2.75, 3.05) is 31.6 Å². The topological polar surface area (TPSA) is 112 Å². The molecule has 4 rings (SSSR count). The minimum absolute atomic E-state index is 0.0878. The quantitative estimate of drug-likeness (QED) is 0.538. The molecule has 3 fully saturated rings. The van der Waals surface area contributed by atoms with Crippen LogP contribution in [-0.4, -0.2) is 61.4 Å². The van der Waals surface area contributed by atoms with E-state index < -0.39 is 30.2 Å². The van der Waals surface area contributed by atoms with Crippen LogP contribution in [0.15, 0.2) is 18.2 Å². The van der Waals surface area contributed by atoms with Crippen molar-refractivity contribution in [3.63, 3.8) is 0 Å². The summed E-state index contributed by atoms with van der Waals surface area (Å²) in [5.41, 5.74) is 0.374. The van der Waals surface area contributed by atoms with Gasteiger partial charge in [-0.1, -0.05) is 23.2 Å². The highest BCUT2D eigenvalue weighted by molar-refractivity contribution is 6.36. The van der Waals surface area contributed by atoms with Crippen molar-refractivity contribution in [3.8, 4) is 0 Å². The van der Waals surface area contributed by atoms with Crippen LogP contribution in [-0.2, 0) is 19.1 Å². The van der Waals surface area contributed by atoms with Crippen molar-refractivity contribution in [1.29, 1.82) is 0 Å². The molecule has 0 radical (unpaired) electrons. The number of hydrogen-bond donors (Lipinski definition) is 4. The number of hydrogen-bond acceptors (Lipinski definition) is 6. The van der Waals surface area contributed by atoms with E-state index in [2.05, 4.69) is 21.3 Å². The van der Waals surface area contributed by atoms with Crippen molar-refractivity contribution >= 4 is 46.6 Å². The number of rotatable bonds is 3. The van der Waals surface area contributed by atoms with E-state index in [0.717, 1.165) is 0 Å². The standard InChI is InChI=1S/C18H21Cl2N5O4/c19-9-1-2-12(11(20)7-9)21-16(27)10-8-13(26)22-15-14(10)17(28)24-18(23-15)25-3-5-29-6-4-25/h1-2,7,10,14-15,18,23H,3-6,8H2,(H,21,27)(H,22,26)(H,24,28). The highest BCUT2D eigenvalue weighted by atomic mass is 35.5. The molecule has 3 saturated heterocycles. The van der Waals surface area contributed by atoms with E-state index in [1.54, 1.807) is 12.1 Å². The van der Waals surface area contributed by atoms with E-state index in [-0.39, 0.29) is 23.3 Å². The maximum atomic E-state index is 12.9. The first-order valence-electron chi connectivity index (χ1n) is 9.36. The van der Waals surface area contributed by atoms with Gasteiger partial charge in [0.2, 0.25) is 17.7 Å². The summed E-state index contributed by atoms with van der Waals surface area (Å²) in [6.07, 6.45) is -1.16. The van der Waals surface area contributed by atoms with Gasteiger partial charge in [-0.25, -0.2) is 0 Å². The molecule has 0 spiro atoms. The Morgan fingerprint density at radius 1 is 1.17 bits per heavy atom. The number of carbonyl (C=O) groups is 3. The minimum atomic E-state index is -0.835. The van der Waals surface area contributed by atoms with Crippen LogP contribution in [0.5, 0.6) is 0 Å². The molecule has 1 aromatic rings. The van der Waals surface area contributed by atoms with Crippen LogP contribution in [0.25, 0.3) is 0 Å². The second-order valence-electron chi connectivity index (χ2n) is 7.22. The maximum absolute atomic E-state index is 12.9. The van der Waals surface area contributed by atoms with Crippen LogP contribution < -0.4 is 21.3 Å². The molecule has 0 bridgehead atoms. The van der Waals surface area contributed by atoms with E-state index in [0.29, 0.717) is 37.0 Å². The molecule has 4 unspecified atom stereocenters. The fourth-order valence-corrected chi connectivity index (χ4v) is 4.36. The molecule has 0 aliphatic carbocycles. The third kappa shape index (κ3) is 4.34. The van der Waals surface area contributed by atoms with Gasteiger partial charge < -0.3 is 20.7 Å². The molecule has 3 aliphatic rings. The second kappa shape index (κ2) is 8.45. The van der Waals surface area contributed by atoms with Gasteiger partial charge in [-0.15, -0.1) is 0 Å². The van der Waals surface area contributed by atoms with E-state index in [1.807, 2.05) is 4.90 Å². The van der Waals surface area contributed by atoms with Gasteiger partial charge in [0.15, 0.2) is 0 Å². The Bertz CT molecular complexity index is 832. The molecule has 3 heterocycles. The minimum Gasteiger partial charge on any atom is -0.379 e. The summed E-state index contributed by atoms with van der Waals surface area (Å²) in [4.78, 5) is 40.1. The lowest BCUT2D eigenvalue weighted by Crippen LogP contribution is -2.74. The Hall–Kier alpha value is -1.91. The molecule has 4 atom stereocenters. The molecule has 4 N–H and O–H groups in total. The molecule has 0 aromatic heterocycles. The molecule has 0 saturated carbocycles. The van der Waals surface area contributed by atoms with Gasteiger partial charge in [-0.2, -0.15) is 0 Å². The summed E-state index contributed by atoms with van der Waals surface area (Å²) in [7, 11) is 0. The number of nitrogens with one attached hydrogen (secondary N) is 4. The lowest BCUT2D eigenvalue weighted by Gasteiger charge is -2.46. The van der Waals surface area contributed by atoms with Crippen LogP contribution in [0.1, 0.15) is 6.42 Å². The van der Waals surface area contributed by atoms with Gasteiger partial charge in [0.05, 0.1) is 41.9 Å². The highest BCUT2D eigenvalue weighted by Gasteiger charge is 2.49. The van der Waals surface area contributed by atoms with Crippen LogP contribution in [0.4, 0.5) is 5.69 Å². The predicted octanol–water partition coefficient (Wildman–Crippen LogP) is 0.346. The molecule has 29 heavy (non-hydrogen) atoms. The van der Waals surface area contributed by atoms with Gasteiger partial charge in [0.25, 0.3) is 0 Å². The zero-order chi connectivity index (χ0) is 20.5. The zero-order valence-electron chi connectivity index (χ0n) is 15.4. The van der Waals surface area contributed by atoms with Crippen molar-refractivity contribution in [1.82, 2.24) is 20.9 Å². The van der Waals surface area contributed by atoms with Crippen LogP contribution in [0, 0.1) is 11.8 Å². The SMILES string of the molecule is O=C1CC(C(=O)Nc2ccc(Cl)cc2Cl)C2C(=O)NC(N3CCOCC3)NC2N1. The Morgan fingerprint density at radius 3 is 2.66 bits per heavy atom. The zero-order valence-corrected chi connectivity index (χ0v) is 16.9. The van der Waals surface area contributed by atoms with Crippen LogP contribution >= 0.6 is 23.2 Å². The predicted molar refractivity (Wildman–Crippen MR) is 106 cm³/mol. The third-order valence-corrected chi connectivity index (χ3v) is 5.92. The molecule has 9 nitrogen and oxygen atoms in total. The van der Waals surface area contributed by atoms with Gasteiger partial charge >= 0.3 is 0 Å². The largest absolute Gasteiger partial charge is 0.379 e. The first-order valence-corrected chi connectivity index (χ1v) is 10.1. The Kier molecular flexibility index (Phi) is 5.93. The van der Waals surface area contributed by atoms with Crippen LogP contribution in [0.3, 0.4) is 0 Å². The lowest BCUT2D eigenvalue weighted by atomic mass is 9.81. The van der Waals surface area contributed by atoms with Crippen molar-refractivity contribution < 1.29 is 19.1 Å². The Labute approximate surface area is 177 Å². The summed E-state index contributed by atoms with van der Waals surface area (Å²) in [6.45, 7) is 2.45. The molecule has 11 heteroatoms. The number of fused-ring (bicyclic) bond motifs is 1. The number of carbonyl (C=O) groups excluding carboxylic acids is 3. The molecule has 3 amide bonds.